The molecule has 1 amide bonds. The minimum absolute atomic E-state index is 0.00613. The predicted molar refractivity (Wildman–Crippen MR) is 168 cm³/mol. The molecule has 1 fully saturated rings. The summed E-state index contributed by atoms with van der Waals surface area (Å²) in [5.74, 6) is 0.420. The number of hydrogen-bond donors (Lipinski definition) is 1. The summed E-state index contributed by atoms with van der Waals surface area (Å²) in [5.41, 5.74) is 4.18. The molecule has 2 heterocycles. The number of piperidine rings is 1. The first-order valence-electron chi connectivity index (χ1n) is 14.9. The predicted octanol–water partition coefficient (Wildman–Crippen LogP) is 6.74. The van der Waals surface area contributed by atoms with E-state index in [0.717, 1.165) is 62.0 Å². The standard InChI is InChI=1S/C34H39N5O4/c1-34(29-9-3-2-4-10-29,25-38-26-35-31-11-5-6-12-32(31)38)19-23-36-21-17-27(18-22-36)8-7-20-37(33(40)41)24-28-13-15-30(16-14-28)39(42)43/h2-16,26-27H,17-25H2,1H3,(H,40,41). The molecule has 224 valence electrons. The number of nitrogens with zero attached hydrogens (tertiary/aromatic N) is 5. The Bertz CT molecular complexity index is 1540. The number of aromatic nitrogens is 2. The normalized spacial score (nSPS) is 15.9. The molecular formula is C34H39N5O4. The fourth-order valence-electron chi connectivity index (χ4n) is 5.98. The Labute approximate surface area is 252 Å². The highest BCUT2D eigenvalue weighted by atomic mass is 16.6. The van der Waals surface area contributed by atoms with Crippen LogP contribution in [0.15, 0.2) is 97.3 Å². The van der Waals surface area contributed by atoms with E-state index < -0.39 is 11.0 Å². The number of likely N-dealkylation sites (tertiary alicyclic amines) is 1. The number of nitro benzene ring substituents is 1. The van der Waals surface area contributed by atoms with Gasteiger partial charge in [-0.2, -0.15) is 0 Å². The first-order chi connectivity index (χ1) is 20.8. The minimum Gasteiger partial charge on any atom is -0.465 e. The number of amides is 1. The molecule has 43 heavy (non-hydrogen) atoms. The molecule has 1 aliphatic rings. The average Bonchev–Trinajstić information content (AvgIpc) is 3.43. The van der Waals surface area contributed by atoms with E-state index in [-0.39, 0.29) is 24.2 Å². The summed E-state index contributed by atoms with van der Waals surface area (Å²) >= 11 is 0. The SMILES string of the molecule is CC(CCN1CCC(C=CCN(Cc2ccc([N+](=O)[O-])cc2)C(=O)O)CC1)(Cn1cnc2ccccc21)c1ccccc1. The number of benzene rings is 3. The molecule has 9 nitrogen and oxygen atoms in total. The molecule has 1 atom stereocenters. The van der Waals surface area contributed by atoms with E-state index in [1.54, 1.807) is 12.1 Å². The molecule has 1 saturated heterocycles. The number of carbonyl (C=O) groups is 1. The lowest BCUT2D eigenvalue weighted by molar-refractivity contribution is -0.384. The zero-order chi connectivity index (χ0) is 30.2. The van der Waals surface area contributed by atoms with Gasteiger partial charge in [0.25, 0.3) is 5.69 Å². The van der Waals surface area contributed by atoms with E-state index in [1.165, 1.54) is 22.6 Å². The second-order valence-corrected chi connectivity index (χ2v) is 11.7. The van der Waals surface area contributed by atoms with Crippen LogP contribution in [0, 0.1) is 16.0 Å². The van der Waals surface area contributed by atoms with Crippen LogP contribution in [0.4, 0.5) is 10.5 Å². The van der Waals surface area contributed by atoms with Gasteiger partial charge in [-0.25, -0.2) is 9.78 Å². The molecule has 1 aliphatic heterocycles. The maximum Gasteiger partial charge on any atom is 0.407 e. The first kappa shape index (κ1) is 30.0. The smallest absolute Gasteiger partial charge is 0.407 e. The Morgan fingerprint density at radius 2 is 1.77 bits per heavy atom. The summed E-state index contributed by atoms with van der Waals surface area (Å²) < 4.78 is 2.28. The van der Waals surface area contributed by atoms with Gasteiger partial charge in [0.2, 0.25) is 0 Å². The van der Waals surface area contributed by atoms with Gasteiger partial charge < -0.3 is 19.5 Å². The van der Waals surface area contributed by atoms with Gasteiger partial charge in [0, 0.05) is 37.2 Å². The van der Waals surface area contributed by atoms with Gasteiger partial charge in [0.1, 0.15) is 0 Å². The van der Waals surface area contributed by atoms with E-state index in [1.807, 2.05) is 18.5 Å². The number of allylic oxidation sites excluding steroid dienone is 1. The molecule has 3 aromatic carbocycles. The third-order valence-electron chi connectivity index (χ3n) is 8.65. The average molecular weight is 582 g/mol. The fourth-order valence-corrected chi connectivity index (χ4v) is 5.98. The van der Waals surface area contributed by atoms with Gasteiger partial charge in [-0.1, -0.05) is 73.7 Å². The second-order valence-electron chi connectivity index (χ2n) is 11.7. The van der Waals surface area contributed by atoms with E-state index in [2.05, 4.69) is 76.0 Å². The summed E-state index contributed by atoms with van der Waals surface area (Å²) in [7, 11) is 0. The van der Waals surface area contributed by atoms with Gasteiger partial charge in [-0.3, -0.25) is 10.1 Å². The van der Waals surface area contributed by atoms with Crippen molar-refractivity contribution in [3.63, 3.8) is 0 Å². The van der Waals surface area contributed by atoms with Crippen LogP contribution in [-0.4, -0.2) is 61.7 Å². The van der Waals surface area contributed by atoms with Crippen LogP contribution in [0.2, 0.25) is 0 Å². The maximum atomic E-state index is 11.8. The number of non-ortho nitro benzene ring substituents is 1. The fraction of sp³-hybridized carbons (Fsp3) is 0.353. The van der Waals surface area contributed by atoms with Crippen LogP contribution in [-0.2, 0) is 18.5 Å². The Morgan fingerprint density at radius 3 is 2.47 bits per heavy atom. The summed E-state index contributed by atoms with van der Waals surface area (Å²) in [5, 5.41) is 20.5. The number of rotatable bonds is 12. The molecule has 4 aromatic rings. The van der Waals surface area contributed by atoms with E-state index in [4.69, 9.17) is 0 Å². The summed E-state index contributed by atoms with van der Waals surface area (Å²) in [6.45, 7) is 6.72. The minimum atomic E-state index is -1.01. The molecule has 0 spiro atoms. The van der Waals surface area contributed by atoms with Gasteiger partial charge in [0.15, 0.2) is 0 Å². The first-order valence-corrected chi connectivity index (χ1v) is 14.9. The number of para-hydroxylation sites is 2. The quantitative estimate of drug-likeness (QED) is 0.113. The van der Waals surface area contributed by atoms with Gasteiger partial charge in [-0.05, 0) is 68.1 Å². The van der Waals surface area contributed by atoms with Crippen molar-refractivity contribution in [1.29, 1.82) is 0 Å². The van der Waals surface area contributed by atoms with Crippen molar-refractivity contribution in [1.82, 2.24) is 19.4 Å². The molecule has 0 radical (unpaired) electrons. The molecule has 1 unspecified atom stereocenters. The lowest BCUT2D eigenvalue weighted by Gasteiger charge is -2.36. The highest BCUT2D eigenvalue weighted by Gasteiger charge is 2.29. The Kier molecular flexibility index (Phi) is 9.51. The molecule has 9 heteroatoms. The summed E-state index contributed by atoms with van der Waals surface area (Å²) in [6.07, 6.45) is 8.16. The van der Waals surface area contributed by atoms with Crippen molar-refractivity contribution < 1.29 is 14.8 Å². The van der Waals surface area contributed by atoms with Gasteiger partial charge in [-0.15, -0.1) is 0 Å². The largest absolute Gasteiger partial charge is 0.465 e. The van der Waals surface area contributed by atoms with Gasteiger partial charge in [0.05, 0.1) is 22.3 Å². The van der Waals surface area contributed by atoms with Crippen molar-refractivity contribution in [2.45, 2.75) is 44.7 Å². The van der Waals surface area contributed by atoms with E-state index >= 15 is 0 Å². The number of hydrogen-bond acceptors (Lipinski definition) is 5. The van der Waals surface area contributed by atoms with Crippen molar-refractivity contribution in [3.05, 3.63) is 119 Å². The van der Waals surface area contributed by atoms with Gasteiger partial charge >= 0.3 is 6.09 Å². The zero-order valence-corrected chi connectivity index (χ0v) is 24.6. The van der Waals surface area contributed by atoms with Crippen LogP contribution in [0.3, 0.4) is 0 Å². The lowest BCUT2D eigenvalue weighted by Crippen LogP contribution is -2.38. The third-order valence-corrected chi connectivity index (χ3v) is 8.65. The number of carboxylic acid groups (broad SMARTS) is 1. The monoisotopic (exact) mass is 581 g/mol. The molecule has 0 saturated carbocycles. The van der Waals surface area contributed by atoms with Crippen molar-refractivity contribution >= 4 is 22.8 Å². The van der Waals surface area contributed by atoms with Crippen molar-refractivity contribution in [2.24, 2.45) is 5.92 Å². The van der Waals surface area contributed by atoms with Crippen LogP contribution >= 0.6 is 0 Å². The van der Waals surface area contributed by atoms with E-state index in [9.17, 15) is 20.0 Å². The van der Waals surface area contributed by atoms with Crippen LogP contribution in [0.25, 0.3) is 11.0 Å². The third kappa shape index (κ3) is 7.67. The van der Waals surface area contributed by atoms with Crippen LogP contribution in [0.1, 0.15) is 37.3 Å². The van der Waals surface area contributed by atoms with Crippen LogP contribution in [0.5, 0.6) is 0 Å². The molecule has 1 N–H and O–H groups in total. The van der Waals surface area contributed by atoms with Crippen molar-refractivity contribution in [2.75, 3.05) is 26.2 Å². The topological polar surface area (TPSA) is 105 Å². The highest BCUT2D eigenvalue weighted by Crippen LogP contribution is 2.32. The summed E-state index contributed by atoms with van der Waals surface area (Å²) in [4.78, 5) is 30.7. The number of fused-ring (bicyclic) bond motifs is 1. The molecule has 0 bridgehead atoms. The Morgan fingerprint density at radius 1 is 1.07 bits per heavy atom. The molecule has 0 aliphatic carbocycles. The molecular weight excluding hydrogens is 542 g/mol. The molecule has 1 aromatic heterocycles. The van der Waals surface area contributed by atoms with E-state index in [0.29, 0.717) is 5.92 Å². The highest BCUT2D eigenvalue weighted by molar-refractivity contribution is 5.75. The van der Waals surface area contributed by atoms with Crippen LogP contribution < -0.4 is 0 Å². The second kappa shape index (κ2) is 13.6. The Balaban J connectivity index is 1.14. The number of imidazole rings is 1. The maximum absolute atomic E-state index is 11.8. The zero-order valence-electron chi connectivity index (χ0n) is 24.6. The molecule has 5 rings (SSSR count). The summed E-state index contributed by atoms with van der Waals surface area (Å²) in [6, 6.07) is 25.1. The number of nitro groups is 1. The van der Waals surface area contributed by atoms with Crippen molar-refractivity contribution in [3.8, 4) is 0 Å². The lowest BCUT2D eigenvalue weighted by atomic mass is 9.79. The Hall–Kier alpha value is -4.50.